The van der Waals surface area contributed by atoms with Crippen LogP contribution in [0.15, 0.2) is 54.6 Å². The van der Waals surface area contributed by atoms with Gasteiger partial charge < -0.3 is 15.2 Å². The minimum atomic E-state index is -0.428. The summed E-state index contributed by atoms with van der Waals surface area (Å²) in [5.41, 5.74) is 3.95. The van der Waals surface area contributed by atoms with Gasteiger partial charge in [0.1, 0.15) is 0 Å². The molecule has 1 aliphatic rings. The van der Waals surface area contributed by atoms with Crippen molar-refractivity contribution in [2.24, 2.45) is 0 Å². The van der Waals surface area contributed by atoms with Gasteiger partial charge in [-0.15, -0.1) is 0 Å². The van der Waals surface area contributed by atoms with E-state index >= 15 is 0 Å². The first kappa shape index (κ1) is 16.4. The summed E-state index contributed by atoms with van der Waals surface area (Å²) in [7, 11) is 0. The van der Waals surface area contributed by atoms with Crippen molar-refractivity contribution >= 4 is 28.4 Å². The number of carbonyl (C=O) groups excluding carboxylic acids is 2. The van der Waals surface area contributed by atoms with Crippen LogP contribution in [-0.2, 0) is 16.1 Å². The number of hydrogen-bond donors (Lipinski definition) is 2. The summed E-state index contributed by atoms with van der Waals surface area (Å²) in [6.45, 7) is 3.30. The maximum atomic E-state index is 12.7. The molecule has 3 aromatic rings. The van der Waals surface area contributed by atoms with Crippen molar-refractivity contribution in [2.45, 2.75) is 25.8 Å². The average molecular weight is 347 g/mol. The van der Waals surface area contributed by atoms with Crippen LogP contribution in [0.5, 0.6) is 0 Å². The molecule has 2 amide bonds. The Bertz CT molecular complexity index is 990. The lowest BCUT2D eigenvalue weighted by Gasteiger charge is -2.24. The smallest absolute Gasteiger partial charge is 0.228 e. The quantitative estimate of drug-likeness (QED) is 0.761. The molecule has 0 unspecified atom stereocenters. The van der Waals surface area contributed by atoms with Crippen LogP contribution in [0, 0.1) is 6.92 Å². The summed E-state index contributed by atoms with van der Waals surface area (Å²) >= 11 is 0. The molecule has 0 saturated heterocycles. The second-order valence-electron chi connectivity index (χ2n) is 6.68. The van der Waals surface area contributed by atoms with Crippen molar-refractivity contribution < 1.29 is 9.59 Å². The zero-order chi connectivity index (χ0) is 18.1. The molecule has 132 valence electrons. The number of amides is 2. The largest absolute Gasteiger partial charge is 0.354 e. The molecule has 2 heterocycles. The van der Waals surface area contributed by atoms with E-state index in [4.69, 9.17) is 0 Å². The molecule has 26 heavy (non-hydrogen) atoms. The molecule has 0 saturated carbocycles. The predicted molar refractivity (Wildman–Crippen MR) is 102 cm³/mol. The van der Waals surface area contributed by atoms with Gasteiger partial charge in [-0.25, -0.2) is 0 Å². The van der Waals surface area contributed by atoms with Crippen LogP contribution in [0.2, 0.25) is 0 Å². The van der Waals surface area contributed by atoms with Gasteiger partial charge in [0.2, 0.25) is 11.8 Å². The highest BCUT2D eigenvalue weighted by Crippen LogP contribution is 2.31. The predicted octanol–water partition coefficient (Wildman–Crippen LogP) is 3.19. The Labute approximate surface area is 152 Å². The number of fused-ring (bicyclic) bond motifs is 2. The molecule has 1 aliphatic heterocycles. The van der Waals surface area contributed by atoms with Crippen LogP contribution in [0.25, 0.3) is 10.9 Å². The number of benzene rings is 2. The molecule has 0 radical (unpaired) electrons. The molecule has 0 aliphatic carbocycles. The highest BCUT2D eigenvalue weighted by atomic mass is 16.2. The van der Waals surface area contributed by atoms with Gasteiger partial charge in [-0.1, -0.05) is 36.4 Å². The minimum absolute atomic E-state index is 0.0959. The Kier molecular flexibility index (Phi) is 4.21. The lowest BCUT2D eigenvalue weighted by Crippen LogP contribution is -2.36. The van der Waals surface area contributed by atoms with Gasteiger partial charge in [-0.05, 0) is 36.1 Å². The van der Waals surface area contributed by atoms with Crippen molar-refractivity contribution in [3.63, 3.8) is 0 Å². The number of anilines is 1. The zero-order valence-corrected chi connectivity index (χ0v) is 14.7. The second-order valence-corrected chi connectivity index (χ2v) is 6.68. The monoisotopic (exact) mass is 347 g/mol. The van der Waals surface area contributed by atoms with Crippen LogP contribution < -0.4 is 10.6 Å². The van der Waals surface area contributed by atoms with Crippen LogP contribution in [0.1, 0.15) is 23.6 Å². The third-order valence-electron chi connectivity index (χ3n) is 4.97. The van der Waals surface area contributed by atoms with Gasteiger partial charge in [0.05, 0.1) is 5.92 Å². The van der Waals surface area contributed by atoms with E-state index in [1.807, 2.05) is 36.4 Å². The highest BCUT2D eigenvalue weighted by molar-refractivity contribution is 6.01. The summed E-state index contributed by atoms with van der Waals surface area (Å²) in [4.78, 5) is 24.6. The van der Waals surface area contributed by atoms with Crippen LogP contribution >= 0.6 is 0 Å². The van der Waals surface area contributed by atoms with Crippen molar-refractivity contribution in [1.29, 1.82) is 0 Å². The lowest BCUT2D eigenvalue weighted by molar-refractivity contribution is -0.126. The molecule has 1 atom stereocenters. The number of nitrogens with zero attached hydrogens (tertiary/aromatic N) is 1. The molecule has 4 rings (SSSR count). The van der Waals surface area contributed by atoms with E-state index in [-0.39, 0.29) is 18.2 Å². The number of para-hydroxylation sites is 2. The Hall–Kier alpha value is -3.08. The summed E-state index contributed by atoms with van der Waals surface area (Å²) < 4.78 is 2.21. The Morgan fingerprint density at radius 1 is 1.19 bits per heavy atom. The van der Waals surface area contributed by atoms with Crippen molar-refractivity contribution in [3.8, 4) is 0 Å². The molecule has 0 spiro atoms. The number of aromatic nitrogens is 1. The number of nitrogens with one attached hydrogen (secondary N) is 2. The van der Waals surface area contributed by atoms with E-state index in [0.717, 1.165) is 11.3 Å². The average Bonchev–Trinajstić information content (AvgIpc) is 2.96. The fourth-order valence-corrected chi connectivity index (χ4v) is 3.70. The third-order valence-corrected chi connectivity index (χ3v) is 4.97. The maximum absolute atomic E-state index is 12.7. The van der Waals surface area contributed by atoms with E-state index in [1.165, 1.54) is 16.6 Å². The number of rotatable bonds is 4. The lowest BCUT2D eigenvalue weighted by atomic mass is 9.90. The Balaban J connectivity index is 1.46. The van der Waals surface area contributed by atoms with Crippen LogP contribution in [-0.4, -0.2) is 22.9 Å². The molecular formula is C21H21N3O2. The molecule has 0 bridgehead atoms. The van der Waals surface area contributed by atoms with Crippen LogP contribution in [0.4, 0.5) is 5.69 Å². The van der Waals surface area contributed by atoms with Gasteiger partial charge in [0, 0.05) is 36.4 Å². The summed E-state index contributed by atoms with van der Waals surface area (Å²) in [6.07, 6.45) is 0.189. The van der Waals surface area contributed by atoms with E-state index in [9.17, 15) is 9.59 Å². The van der Waals surface area contributed by atoms with E-state index in [2.05, 4.69) is 40.3 Å². The fourth-order valence-electron chi connectivity index (χ4n) is 3.70. The van der Waals surface area contributed by atoms with Gasteiger partial charge in [-0.3, -0.25) is 9.59 Å². The van der Waals surface area contributed by atoms with Crippen molar-refractivity contribution in [1.82, 2.24) is 9.88 Å². The first-order valence-electron chi connectivity index (χ1n) is 8.85. The van der Waals surface area contributed by atoms with Gasteiger partial charge in [-0.2, -0.15) is 0 Å². The summed E-state index contributed by atoms with van der Waals surface area (Å²) in [5.74, 6) is -0.639. The third kappa shape index (κ3) is 2.96. The Morgan fingerprint density at radius 3 is 2.85 bits per heavy atom. The van der Waals surface area contributed by atoms with Crippen molar-refractivity contribution in [3.05, 3.63) is 65.9 Å². The molecule has 5 heteroatoms. The number of carbonyl (C=O) groups is 2. The topological polar surface area (TPSA) is 63.1 Å². The number of hydrogen-bond acceptors (Lipinski definition) is 2. The SMILES string of the molecule is Cc1cc2ccccc2n1CCNC(=O)[C@@H]1CC(=O)Nc2ccccc21. The maximum Gasteiger partial charge on any atom is 0.228 e. The molecule has 0 fully saturated rings. The van der Waals surface area contributed by atoms with Crippen LogP contribution in [0.3, 0.4) is 0 Å². The van der Waals surface area contributed by atoms with E-state index < -0.39 is 5.92 Å². The zero-order valence-electron chi connectivity index (χ0n) is 14.7. The number of aryl methyl sites for hydroxylation is 1. The molecular weight excluding hydrogens is 326 g/mol. The van der Waals surface area contributed by atoms with Gasteiger partial charge >= 0.3 is 0 Å². The van der Waals surface area contributed by atoms with E-state index in [0.29, 0.717) is 13.1 Å². The van der Waals surface area contributed by atoms with E-state index in [1.54, 1.807) is 0 Å². The Morgan fingerprint density at radius 2 is 1.96 bits per heavy atom. The first-order valence-corrected chi connectivity index (χ1v) is 8.85. The first-order chi connectivity index (χ1) is 12.6. The normalized spacial score (nSPS) is 16.2. The molecule has 2 N–H and O–H groups in total. The molecule has 2 aromatic carbocycles. The molecule has 5 nitrogen and oxygen atoms in total. The summed E-state index contributed by atoms with van der Waals surface area (Å²) in [6, 6.07) is 17.9. The fraction of sp³-hybridized carbons (Fsp3) is 0.238. The van der Waals surface area contributed by atoms with Gasteiger partial charge in [0.15, 0.2) is 0 Å². The second kappa shape index (κ2) is 6.67. The minimum Gasteiger partial charge on any atom is -0.354 e. The summed E-state index contributed by atoms with van der Waals surface area (Å²) in [5, 5.41) is 7.03. The van der Waals surface area contributed by atoms with Gasteiger partial charge in [0.25, 0.3) is 0 Å². The van der Waals surface area contributed by atoms with Crippen molar-refractivity contribution in [2.75, 3.05) is 11.9 Å². The highest BCUT2D eigenvalue weighted by Gasteiger charge is 2.30. The standard InChI is InChI=1S/C21H21N3O2/c1-14-12-15-6-2-5-9-19(15)24(14)11-10-22-21(26)17-13-20(25)23-18-8-4-3-7-16(17)18/h2-9,12,17H,10-11,13H2,1H3,(H,22,26)(H,23,25)/t17-/m1/s1. The molecule has 1 aromatic heterocycles.